The largest absolute Gasteiger partial charge is 0.251 e. The Labute approximate surface area is 116 Å². The summed E-state index contributed by atoms with van der Waals surface area (Å²) >= 11 is 12.0. The fraction of sp³-hybridized carbons (Fsp3) is 0.308. The number of pyridine rings is 1. The van der Waals surface area contributed by atoms with Crippen molar-refractivity contribution >= 4 is 23.2 Å². The maximum atomic E-state index is 6.21. The molecule has 0 aliphatic heterocycles. The Balaban J connectivity index is 2.51. The van der Waals surface area contributed by atoms with E-state index in [1.165, 1.54) is 0 Å². The highest BCUT2D eigenvalue weighted by Crippen LogP contribution is 2.27. The van der Waals surface area contributed by atoms with Gasteiger partial charge in [-0.05, 0) is 25.0 Å². The van der Waals surface area contributed by atoms with Crippen molar-refractivity contribution in [2.45, 2.75) is 26.7 Å². The second kappa shape index (κ2) is 5.21. The van der Waals surface area contributed by atoms with E-state index in [4.69, 9.17) is 23.2 Å². The third kappa shape index (κ3) is 2.62. The minimum Gasteiger partial charge on any atom is -0.251 e. The molecular weight excluding hydrogens is 269 g/mol. The first-order valence-electron chi connectivity index (χ1n) is 5.65. The third-order valence-electron chi connectivity index (χ3n) is 2.62. The second-order valence-corrected chi connectivity index (χ2v) is 5.15. The lowest BCUT2D eigenvalue weighted by Crippen LogP contribution is -2.02. The number of aromatic nitrogens is 3. The average molecular weight is 282 g/mol. The van der Waals surface area contributed by atoms with Gasteiger partial charge < -0.3 is 0 Å². The summed E-state index contributed by atoms with van der Waals surface area (Å²) in [5, 5.41) is 1.07. The zero-order valence-corrected chi connectivity index (χ0v) is 11.9. The van der Waals surface area contributed by atoms with E-state index in [0.717, 1.165) is 11.3 Å². The normalized spacial score (nSPS) is 11.0. The van der Waals surface area contributed by atoms with Crippen LogP contribution in [0.25, 0.3) is 11.5 Å². The number of nitrogens with zero attached hydrogens (tertiary/aromatic N) is 3. The van der Waals surface area contributed by atoms with Gasteiger partial charge in [0.2, 0.25) is 0 Å². The van der Waals surface area contributed by atoms with Crippen LogP contribution < -0.4 is 0 Å². The van der Waals surface area contributed by atoms with Gasteiger partial charge in [-0.25, -0.2) is 9.97 Å². The lowest BCUT2D eigenvalue weighted by atomic mass is 10.0. The summed E-state index contributed by atoms with van der Waals surface area (Å²) in [7, 11) is 0. The van der Waals surface area contributed by atoms with Gasteiger partial charge in [0, 0.05) is 17.5 Å². The van der Waals surface area contributed by atoms with Crippen LogP contribution in [0.4, 0.5) is 0 Å². The van der Waals surface area contributed by atoms with E-state index in [1.54, 1.807) is 18.3 Å². The molecule has 2 heterocycles. The lowest BCUT2D eigenvalue weighted by Gasteiger charge is -2.11. The van der Waals surface area contributed by atoms with E-state index in [0.29, 0.717) is 27.6 Å². The van der Waals surface area contributed by atoms with E-state index in [-0.39, 0.29) is 0 Å². The molecule has 0 atom stereocenters. The van der Waals surface area contributed by atoms with Crippen LogP contribution in [-0.4, -0.2) is 15.0 Å². The van der Waals surface area contributed by atoms with Gasteiger partial charge in [0.25, 0.3) is 0 Å². The first kappa shape index (κ1) is 13.2. The van der Waals surface area contributed by atoms with Crippen LogP contribution in [0.1, 0.15) is 31.0 Å². The van der Waals surface area contributed by atoms with Gasteiger partial charge in [-0.2, -0.15) is 0 Å². The van der Waals surface area contributed by atoms with Crippen LogP contribution in [0.15, 0.2) is 18.3 Å². The molecule has 0 saturated heterocycles. The zero-order valence-electron chi connectivity index (χ0n) is 10.4. The number of halogens is 2. The quantitative estimate of drug-likeness (QED) is 0.772. The smallest absolute Gasteiger partial charge is 0.179 e. The van der Waals surface area contributed by atoms with Crippen LogP contribution in [0.3, 0.4) is 0 Å². The van der Waals surface area contributed by atoms with Crippen molar-refractivity contribution in [2.24, 2.45) is 0 Å². The Morgan fingerprint density at radius 2 is 1.83 bits per heavy atom. The molecule has 3 nitrogen and oxygen atoms in total. The van der Waals surface area contributed by atoms with Gasteiger partial charge in [-0.1, -0.05) is 37.0 Å². The molecule has 0 amide bonds. The van der Waals surface area contributed by atoms with E-state index < -0.39 is 0 Å². The average Bonchev–Trinajstić information content (AvgIpc) is 2.28. The third-order valence-corrected chi connectivity index (χ3v) is 3.14. The van der Waals surface area contributed by atoms with Crippen molar-refractivity contribution in [1.82, 2.24) is 15.0 Å². The van der Waals surface area contributed by atoms with Crippen LogP contribution in [0, 0.1) is 6.92 Å². The highest BCUT2D eigenvalue weighted by Gasteiger charge is 2.14. The monoisotopic (exact) mass is 281 g/mol. The Bertz CT molecular complexity index is 542. The van der Waals surface area contributed by atoms with Gasteiger partial charge in [0.15, 0.2) is 5.82 Å². The standard InChI is InChI=1S/C13H13Cl2N3/c1-7(2)11-8(3)17-13(18-12(11)15)10-5-4-9(14)6-16-10/h4-7H,1-3H3. The predicted molar refractivity (Wildman–Crippen MR) is 74.1 cm³/mol. The van der Waals surface area contributed by atoms with Crippen molar-refractivity contribution in [2.75, 3.05) is 0 Å². The van der Waals surface area contributed by atoms with Crippen LogP contribution >= 0.6 is 23.2 Å². The van der Waals surface area contributed by atoms with Crippen molar-refractivity contribution in [3.63, 3.8) is 0 Å². The molecule has 2 aromatic rings. The first-order valence-corrected chi connectivity index (χ1v) is 6.40. The van der Waals surface area contributed by atoms with E-state index in [9.17, 15) is 0 Å². The number of hydrogen-bond acceptors (Lipinski definition) is 3. The topological polar surface area (TPSA) is 38.7 Å². The van der Waals surface area contributed by atoms with Crippen molar-refractivity contribution < 1.29 is 0 Å². The van der Waals surface area contributed by atoms with Crippen LogP contribution in [0.2, 0.25) is 10.2 Å². The Hall–Kier alpha value is -1.19. The van der Waals surface area contributed by atoms with E-state index in [2.05, 4.69) is 28.8 Å². The zero-order chi connectivity index (χ0) is 13.3. The Morgan fingerprint density at radius 1 is 1.11 bits per heavy atom. The summed E-state index contributed by atoms with van der Waals surface area (Å²) in [6, 6.07) is 3.54. The van der Waals surface area contributed by atoms with Crippen molar-refractivity contribution in [3.8, 4) is 11.5 Å². The van der Waals surface area contributed by atoms with Gasteiger partial charge in [0.05, 0.1) is 5.02 Å². The highest BCUT2D eigenvalue weighted by molar-refractivity contribution is 6.30. The summed E-state index contributed by atoms with van der Waals surface area (Å²) in [6.07, 6.45) is 1.57. The van der Waals surface area contributed by atoms with Gasteiger partial charge in [-0.3, -0.25) is 4.98 Å². The molecule has 0 saturated carbocycles. The highest BCUT2D eigenvalue weighted by atomic mass is 35.5. The summed E-state index contributed by atoms with van der Waals surface area (Å²) < 4.78 is 0. The summed E-state index contributed by atoms with van der Waals surface area (Å²) in [4.78, 5) is 12.9. The molecule has 0 fully saturated rings. The minimum atomic E-state index is 0.296. The van der Waals surface area contributed by atoms with E-state index in [1.807, 2.05) is 6.92 Å². The second-order valence-electron chi connectivity index (χ2n) is 4.35. The molecule has 18 heavy (non-hydrogen) atoms. The maximum Gasteiger partial charge on any atom is 0.179 e. The molecule has 0 aliphatic rings. The molecule has 0 N–H and O–H groups in total. The molecule has 0 spiro atoms. The van der Waals surface area contributed by atoms with Gasteiger partial charge in [-0.15, -0.1) is 0 Å². The number of rotatable bonds is 2. The molecule has 2 aromatic heterocycles. The molecular formula is C13H13Cl2N3. The molecule has 0 aliphatic carbocycles. The Kier molecular flexibility index (Phi) is 3.83. The predicted octanol–water partition coefficient (Wildman–Crippen LogP) is 4.28. The number of aryl methyl sites for hydroxylation is 1. The maximum absolute atomic E-state index is 6.21. The Morgan fingerprint density at radius 3 is 2.33 bits per heavy atom. The van der Waals surface area contributed by atoms with Crippen molar-refractivity contribution in [1.29, 1.82) is 0 Å². The summed E-state index contributed by atoms with van der Waals surface area (Å²) in [5.41, 5.74) is 2.53. The molecule has 0 aromatic carbocycles. The minimum absolute atomic E-state index is 0.296. The summed E-state index contributed by atoms with van der Waals surface area (Å²) in [6.45, 7) is 6.07. The molecule has 0 unspecified atom stereocenters. The van der Waals surface area contributed by atoms with Gasteiger partial charge >= 0.3 is 0 Å². The molecule has 5 heteroatoms. The molecule has 2 rings (SSSR count). The summed E-state index contributed by atoms with van der Waals surface area (Å²) in [5.74, 6) is 0.822. The molecule has 0 bridgehead atoms. The molecule has 94 valence electrons. The van der Waals surface area contributed by atoms with E-state index >= 15 is 0 Å². The number of hydrogen-bond donors (Lipinski definition) is 0. The lowest BCUT2D eigenvalue weighted by molar-refractivity contribution is 0.830. The molecule has 0 radical (unpaired) electrons. The van der Waals surface area contributed by atoms with Gasteiger partial charge in [0.1, 0.15) is 10.8 Å². The SMILES string of the molecule is Cc1nc(-c2ccc(Cl)cn2)nc(Cl)c1C(C)C. The first-order chi connectivity index (χ1) is 8.49. The fourth-order valence-electron chi connectivity index (χ4n) is 1.83. The fourth-order valence-corrected chi connectivity index (χ4v) is 2.37. The van der Waals surface area contributed by atoms with Crippen molar-refractivity contribution in [3.05, 3.63) is 39.8 Å². The van der Waals surface area contributed by atoms with Crippen LogP contribution in [-0.2, 0) is 0 Å². The van der Waals surface area contributed by atoms with Crippen LogP contribution in [0.5, 0.6) is 0 Å².